The first-order chi connectivity index (χ1) is 13.7. The van der Waals surface area contributed by atoms with Crippen molar-refractivity contribution in [2.45, 2.75) is 19.4 Å². The Morgan fingerprint density at radius 1 is 1.00 bits per heavy atom. The molecule has 0 fully saturated rings. The molecule has 0 bridgehead atoms. The molecule has 1 heterocycles. The van der Waals surface area contributed by atoms with Gasteiger partial charge < -0.3 is 15.4 Å². The largest absolute Gasteiger partial charge is 0.445 e. The molecule has 0 spiro atoms. The molecule has 0 aliphatic heterocycles. The number of nitrogens with zero attached hydrogens (tertiary/aromatic N) is 1. The normalized spacial score (nSPS) is 10.3. The zero-order valence-corrected chi connectivity index (χ0v) is 16.1. The molecule has 0 saturated heterocycles. The Labute approximate surface area is 167 Å². The van der Waals surface area contributed by atoms with Crippen LogP contribution in [0.1, 0.15) is 18.4 Å². The van der Waals surface area contributed by atoms with Gasteiger partial charge in [0.05, 0.1) is 5.69 Å². The van der Waals surface area contributed by atoms with Gasteiger partial charge in [-0.05, 0) is 12.0 Å². The van der Waals surface area contributed by atoms with Crippen molar-refractivity contribution in [3.05, 3.63) is 71.6 Å². The SMILES string of the molecule is O=C(CCCNC(=O)OCc1ccccc1)Nc1nc(-c2ccccc2)cs1. The molecule has 3 aromatic rings. The molecule has 2 amide bonds. The molecular weight excluding hydrogens is 374 g/mol. The average molecular weight is 395 g/mol. The van der Waals surface area contributed by atoms with E-state index in [0.717, 1.165) is 16.8 Å². The molecular formula is C21H21N3O3S. The average Bonchev–Trinajstić information content (AvgIpc) is 3.19. The predicted molar refractivity (Wildman–Crippen MR) is 110 cm³/mol. The third-order valence-electron chi connectivity index (χ3n) is 3.88. The Kier molecular flexibility index (Phi) is 7.14. The second kappa shape index (κ2) is 10.2. The minimum Gasteiger partial charge on any atom is -0.445 e. The van der Waals surface area contributed by atoms with Crippen molar-refractivity contribution in [2.75, 3.05) is 11.9 Å². The fraction of sp³-hybridized carbons (Fsp3) is 0.190. The summed E-state index contributed by atoms with van der Waals surface area (Å²) in [7, 11) is 0. The number of carbonyl (C=O) groups is 2. The van der Waals surface area contributed by atoms with E-state index in [1.165, 1.54) is 11.3 Å². The Balaban J connectivity index is 1.32. The number of hydrogen-bond acceptors (Lipinski definition) is 5. The first-order valence-corrected chi connectivity index (χ1v) is 9.84. The monoisotopic (exact) mass is 395 g/mol. The van der Waals surface area contributed by atoms with Gasteiger partial charge in [-0.2, -0.15) is 0 Å². The number of ether oxygens (including phenoxy) is 1. The van der Waals surface area contributed by atoms with Gasteiger partial charge in [-0.15, -0.1) is 11.3 Å². The standard InChI is InChI=1S/C21H21N3O3S/c25-19(24-20-23-18(15-28-20)17-10-5-2-6-11-17)12-7-13-22-21(26)27-14-16-8-3-1-4-9-16/h1-6,8-11,15H,7,12-14H2,(H,22,26)(H,23,24,25). The summed E-state index contributed by atoms with van der Waals surface area (Å²) in [6.07, 6.45) is 0.319. The molecule has 0 saturated carbocycles. The first-order valence-electron chi connectivity index (χ1n) is 8.96. The van der Waals surface area contributed by atoms with Crippen molar-refractivity contribution >= 4 is 28.5 Å². The van der Waals surface area contributed by atoms with Crippen LogP contribution >= 0.6 is 11.3 Å². The number of benzene rings is 2. The summed E-state index contributed by atoms with van der Waals surface area (Å²) in [4.78, 5) is 28.1. The zero-order chi connectivity index (χ0) is 19.6. The highest BCUT2D eigenvalue weighted by Crippen LogP contribution is 2.24. The van der Waals surface area contributed by atoms with Crippen LogP contribution < -0.4 is 10.6 Å². The van der Waals surface area contributed by atoms with E-state index in [-0.39, 0.29) is 12.5 Å². The van der Waals surface area contributed by atoms with Gasteiger partial charge in [0.15, 0.2) is 5.13 Å². The number of anilines is 1. The topological polar surface area (TPSA) is 80.3 Å². The van der Waals surface area contributed by atoms with Crippen LogP contribution in [0.2, 0.25) is 0 Å². The van der Waals surface area contributed by atoms with Gasteiger partial charge in [0.25, 0.3) is 0 Å². The van der Waals surface area contributed by atoms with E-state index in [2.05, 4.69) is 15.6 Å². The van der Waals surface area contributed by atoms with Crippen molar-refractivity contribution in [3.63, 3.8) is 0 Å². The predicted octanol–water partition coefficient (Wildman–Crippen LogP) is 4.46. The van der Waals surface area contributed by atoms with E-state index in [4.69, 9.17) is 4.74 Å². The molecule has 0 aliphatic carbocycles. The van der Waals surface area contributed by atoms with Gasteiger partial charge in [0.2, 0.25) is 5.91 Å². The summed E-state index contributed by atoms with van der Waals surface area (Å²) in [6, 6.07) is 19.3. The molecule has 0 atom stereocenters. The van der Waals surface area contributed by atoms with Crippen molar-refractivity contribution in [3.8, 4) is 11.3 Å². The lowest BCUT2D eigenvalue weighted by Gasteiger charge is -2.07. The smallest absolute Gasteiger partial charge is 0.407 e. The minimum atomic E-state index is -0.489. The first kappa shape index (κ1) is 19.6. The summed E-state index contributed by atoms with van der Waals surface area (Å²) in [5.74, 6) is -0.131. The van der Waals surface area contributed by atoms with Crippen LogP contribution in [-0.2, 0) is 16.1 Å². The van der Waals surface area contributed by atoms with Gasteiger partial charge in [0, 0.05) is 23.9 Å². The highest BCUT2D eigenvalue weighted by Gasteiger charge is 2.08. The van der Waals surface area contributed by atoms with Crippen LogP contribution in [0.3, 0.4) is 0 Å². The number of alkyl carbamates (subject to hydrolysis) is 1. The molecule has 3 rings (SSSR count). The highest BCUT2D eigenvalue weighted by molar-refractivity contribution is 7.14. The molecule has 6 nitrogen and oxygen atoms in total. The number of hydrogen-bond donors (Lipinski definition) is 2. The van der Waals surface area contributed by atoms with Crippen LogP contribution in [0.15, 0.2) is 66.0 Å². The van der Waals surface area contributed by atoms with E-state index in [9.17, 15) is 9.59 Å². The van der Waals surface area contributed by atoms with E-state index in [1.54, 1.807) is 0 Å². The van der Waals surface area contributed by atoms with Crippen LogP contribution in [0.5, 0.6) is 0 Å². The Morgan fingerprint density at radius 2 is 1.71 bits per heavy atom. The summed E-state index contributed by atoms with van der Waals surface area (Å²) in [5, 5.41) is 7.92. The number of nitrogens with one attached hydrogen (secondary N) is 2. The van der Waals surface area contributed by atoms with E-state index < -0.39 is 6.09 Å². The molecule has 1 aromatic heterocycles. The van der Waals surface area contributed by atoms with Crippen molar-refractivity contribution < 1.29 is 14.3 Å². The maximum Gasteiger partial charge on any atom is 0.407 e. The Bertz CT molecular complexity index is 898. The summed E-state index contributed by atoms with van der Waals surface area (Å²) in [6.45, 7) is 0.592. The fourth-order valence-corrected chi connectivity index (χ4v) is 3.20. The van der Waals surface area contributed by atoms with Crippen LogP contribution in [0.25, 0.3) is 11.3 Å². The van der Waals surface area contributed by atoms with Gasteiger partial charge in [-0.1, -0.05) is 60.7 Å². The van der Waals surface area contributed by atoms with Gasteiger partial charge in [-0.3, -0.25) is 4.79 Å². The molecule has 2 N–H and O–H groups in total. The molecule has 144 valence electrons. The van der Waals surface area contributed by atoms with Crippen LogP contribution in [0.4, 0.5) is 9.93 Å². The lowest BCUT2D eigenvalue weighted by atomic mass is 10.2. The molecule has 7 heteroatoms. The Morgan fingerprint density at radius 3 is 2.46 bits per heavy atom. The van der Waals surface area contributed by atoms with Gasteiger partial charge in [-0.25, -0.2) is 9.78 Å². The van der Waals surface area contributed by atoms with E-state index in [1.807, 2.05) is 66.0 Å². The molecule has 2 aromatic carbocycles. The number of rotatable bonds is 8. The zero-order valence-electron chi connectivity index (χ0n) is 15.3. The Hall–Kier alpha value is -3.19. The molecule has 28 heavy (non-hydrogen) atoms. The van der Waals surface area contributed by atoms with Crippen molar-refractivity contribution in [2.24, 2.45) is 0 Å². The van der Waals surface area contributed by atoms with E-state index >= 15 is 0 Å². The summed E-state index contributed by atoms with van der Waals surface area (Å²) < 4.78 is 5.12. The molecule has 0 radical (unpaired) electrons. The summed E-state index contributed by atoms with van der Waals surface area (Å²) in [5.41, 5.74) is 2.77. The number of thiazole rings is 1. The number of carbonyl (C=O) groups excluding carboxylic acids is 2. The third-order valence-corrected chi connectivity index (χ3v) is 4.64. The fourth-order valence-electron chi connectivity index (χ4n) is 2.47. The number of aromatic nitrogens is 1. The lowest BCUT2D eigenvalue weighted by Crippen LogP contribution is -2.26. The summed E-state index contributed by atoms with van der Waals surface area (Å²) >= 11 is 1.39. The molecule has 0 aliphatic rings. The maximum atomic E-state index is 12.0. The third kappa shape index (κ3) is 6.21. The van der Waals surface area contributed by atoms with Crippen molar-refractivity contribution in [1.82, 2.24) is 10.3 Å². The minimum absolute atomic E-state index is 0.131. The quantitative estimate of drug-likeness (QED) is 0.552. The number of amides is 2. The second-order valence-electron chi connectivity index (χ2n) is 6.04. The van der Waals surface area contributed by atoms with E-state index in [0.29, 0.717) is 24.5 Å². The van der Waals surface area contributed by atoms with Gasteiger partial charge in [0.1, 0.15) is 6.61 Å². The van der Waals surface area contributed by atoms with Crippen LogP contribution in [0, 0.1) is 0 Å². The van der Waals surface area contributed by atoms with Crippen molar-refractivity contribution in [1.29, 1.82) is 0 Å². The second-order valence-corrected chi connectivity index (χ2v) is 6.90. The molecule has 0 unspecified atom stereocenters. The maximum absolute atomic E-state index is 12.0. The van der Waals surface area contributed by atoms with Gasteiger partial charge >= 0.3 is 6.09 Å². The highest BCUT2D eigenvalue weighted by atomic mass is 32.1. The van der Waals surface area contributed by atoms with Crippen LogP contribution in [-0.4, -0.2) is 23.5 Å². The lowest BCUT2D eigenvalue weighted by molar-refractivity contribution is -0.116.